The molecule has 0 aliphatic heterocycles. The number of nitrogen functional groups attached to an aromatic ring is 1. The molecule has 0 saturated carbocycles. The number of hydrogen-bond donors (Lipinski definition) is 6. The highest BCUT2D eigenvalue weighted by atomic mass is 16.4. The van der Waals surface area contributed by atoms with Crippen LogP contribution in [0.3, 0.4) is 0 Å². The van der Waals surface area contributed by atoms with Crippen LogP contribution in [0.4, 0.5) is 17.8 Å². The van der Waals surface area contributed by atoms with Crippen LogP contribution in [0.15, 0.2) is 37.2 Å². The Balaban J connectivity index is 2.07. The number of aliphatic hydroxyl groups excluding tert-OH is 2. The number of rotatable bonds is 7. The van der Waals surface area contributed by atoms with Crippen molar-refractivity contribution < 1.29 is 20.1 Å². The van der Waals surface area contributed by atoms with Crippen molar-refractivity contribution in [3.8, 4) is 0 Å². The SMILES string of the molecule is CNc1ncc(C(O)C(O)(c2cnc(NC(C)=O)nc2)C(O)c2cnc(N)nc2)cn1. The molecular formula is C18H21N9O4. The molecule has 162 valence electrons. The van der Waals surface area contributed by atoms with Crippen LogP contribution in [0.25, 0.3) is 0 Å². The van der Waals surface area contributed by atoms with Gasteiger partial charge in [-0.3, -0.25) is 10.1 Å². The van der Waals surface area contributed by atoms with Crippen LogP contribution >= 0.6 is 0 Å². The van der Waals surface area contributed by atoms with E-state index in [9.17, 15) is 20.1 Å². The number of nitrogens with two attached hydrogens (primary N) is 1. The van der Waals surface area contributed by atoms with Crippen molar-refractivity contribution in [2.75, 3.05) is 23.4 Å². The first-order valence-corrected chi connectivity index (χ1v) is 9.01. The van der Waals surface area contributed by atoms with Crippen molar-refractivity contribution in [3.63, 3.8) is 0 Å². The number of aromatic nitrogens is 6. The Morgan fingerprint density at radius 2 is 1.35 bits per heavy atom. The Kier molecular flexibility index (Phi) is 6.29. The van der Waals surface area contributed by atoms with Crippen molar-refractivity contribution >= 4 is 23.8 Å². The molecule has 3 unspecified atom stereocenters. The zero-order valence-corrected chi connectivity index (χ0v) is 16.6. The highest BCUT2D eigenvalue weighted by Gasteiger charge is 2.47. The number of nitrogens with one attached hydrogen (secondary N) is 2. The third kappa shape index (κ3) is 4.53. The summed E-state index contributed by atoms with van der Waals surface area (Å²) in [5.41, 5.74) is 3.27. The van der Waals surface area contributed by atoms with Gasteiger partial charge in [0.15, 0.2) is 5.60 Å². The van der Waals surface area contributed by atoms with Crippen LogP contribution in [-0.4, -0.2) is 58.2 Å². The molecule has 31 heavy (non-hydrogen) atoms. The zero-order valence-electron chi connectivity index (χ0n) is 16.6. The molecule has 0 aliphatic rings. The molecule has 0 spiro atoms. The molecule has 0 aromatic carbocycles. The largest absolute Gasteiger partial charge is 0.385 e. The molecule has 0 saturated heterocycles. The molecule has 0 bridgehead atoms. The van der Waals surface area contributed by atoms with E-state index in [2.05, 4.69) is 40.5 Å². The molecule has 3 aromatic heterocycles. The second-order valence-corrected chi connectivity index (χ2v) is 6.57. The lowest BCUT2D eigenvalue weighted by Crippen LogP contribution is -2.40. The van der Waals surface area contributed by atoms with Gasteiger partial charge in [-0.15, -0.1) is 0 Å². The predicted molar refractivity (Wildman–Crippen MR) is 108 cm³/mol. The van der Waals surface area contributed by atoms with E-state index in [-0.39, 0.29) is 34.5 Å². The number of hydrogen-bond acceptors (Lipinski definition) is 12. The quantitative estimate of drug-likeness (QED) is 0.277. The molecule has 0 fully saturated rings. The molecule has 13 heteroatoms. The summed E-state index contributed by atoms with van der Waals surface area (Å²) in [6, 6.07) is 0. The smallest absolute Gasteiger partial charge is 0.229 e. The Morgan fingerprint density at radius 1 is 0.903 bits per heavy atom. The minimum atomic E-state index is -2.36. The maximum absolute atomic E-state index is 11.6. The monoisotopic (exact) mass is 427 g/mol. The normalized spacial score (nSPS) is 14.9. The van der Waals surface area contributed by atoms with E-state index in [0.29, 0.717) is 5.95 Å². The Bertz CT molecular complexity index is 1030. The van der Waals surface area contributed by atoms with Gasteiger partial charge in [0.2, 0.25) is 23.8 Å². The van der Waals surface area contributed by atoms with E-state index in [1.807, 2.05) is 0 Å². The molecule has 3 heterocycles. The number of carbonyl (C=O) groups excluding carboxylic acids is 1. The second kappa shape index (κ2) is 8.91. The number of carbonyl (C=O) groups is 1. The van der Waals surface area contributed by atoms with Gasteiger partial charge < -0.3 is 26.4 Å². The van der Waals surface area contributed by atoms with Gasteiger partial charge >= 0.3 is 0 Å². The molecule has 3 rings (SSSR count). The van der Waals surface area contributed by atoms with E-state index < -0.39 is 17.8 Å². The average molecular weight is 427 g/mol. The summed E-state index contributed by atoms with van der Waals surface area (Å²) in [4.78, 5) is 34.8. The summed E-state index contributed by atoms with van der Waals surface area (Å²) in [5, 5.41) is 38.8. The molecule has 3 atom stereocenters. The van der Waals surface area contributed by atoms with Crippen LogP contribution < -0.4 is 16.4 Å². The summed E-state index contributed by atoms with van der Waals surface area (Å²) >= 11 is 0. The van der Waals surface area contributed by atoms with E-state index in [1.54, 1.807) is 7.05 Å². The lowest BCUT2D eigenvalue weighted by molar-refractivity contribution is -0.159. The fraction of sp³-hybridized carbons (Fsp3) is 0.278. The third-order valence-electron chi connectivity index (χ3n) is 4.45. The summed E-state index contributed by atoms with van der Waals surface area (Å²) < 4.78 is 0. The molecule has 13 nitrogen and oxygen atoms in total. The van der Waals surface area contributed by atoms with E-state index in [1.165, 1.54) is 44.1 Å². The molecule has 0 aliphatic carbocycles. The Labute approximate surface area is 176 Å². The Hall–Kier alpha value is -3.81. The summed E-state index contributed by atoms with van der Waals surface area (Å²) in [6.07, 6.45) is 3.96. The maximum Gasteiger partial charge on any atom is 0.229 e. The zero-order chi connectivity index (χ0) is 22.6. The minimum absolute atomic E-state index is 0.0138. The van der Waals surface area contributed by atoms with E-state index in [0.717, 1.165) is 0 Å². The summed E-state index contributed by atoms with van der Waals surface area (Å²) in [5.74, 6) is -0.127. The lowest BCUT2D eigenvalue weighted by Gasteiger charge is -2.37. The first kappa shape index (κ1) is 21.9. The number of anilines is 3. The standard InChI is InChI=1S/C18H21N9O4/c1-9(28)27-17-25-7-12(8-26-17)18(31,13(29)10-3-21-15(19)22-4-10)14(30)11-5-23-16(20-2)24-6-11/h3-8,13-14,29-31H,1-2H3,(H2,19,21,22)(H,20,23,24)(H,25,26,27,28). The highest BCUT2D eigenvalue weighted by molar-refractivity contribution is 5.86. The average Bonchev–Trinajstić information content (AvgIpc) is 2.78. The molecule has 1 amide bonds. The van der Waals surface area contributed by atoms with E-state index in [4.69, 9.17) is 5.73 Å². The number of aliphatic hydroxyl groups is 3. The predicted octanol–water partition coefficient (Wildman–Crippen LogP) is -0.706. The van der Waals surface area contributed by atoms with Gasteiger partial charge in [0.05, 0.1) is 0 Å². The number of nitrogens with zero attached hydrogens (tertiary/aromatic N) is 6. The van der Waals surface area contributed by atoms with Gasteiger partial charge in [-0.05, 0) is 0 Å². The van der Waals surface area contributed by atoms with Crippen molar-refractivity contribution in [1.82, 2.24) is 29.9 Å². The topological polar surface area (TPSA) is 205 Å². The van der Waals surface area contributed by atoms with E-state index >= 15 is 0 Å². The Morgan fingerprint density at radius 3 is 1.81 bits per heavy atom. The molecule has 0 radical (unpaired) electrons. The highest BCUT2D eigenvalue weighted by Crippen LogP contribution is 2.44. The minimum Gasteiger partial charge on any atom is -0.385 e. The lowest BCUT2D eigenvalue weighted by atomic mass is 9.80. The fourth-order valence-electron chi connectivity index (χ4n) is 2.83. The van der Waals surface area contributed by atoms with Gasteiger partial charge in [0.25, 0.3) is 0 Å². The summed E-state index contributed by atoms with van der Waals surface area (Å²) in [7, 11) is 1.63. The van der Waals surface area contributed by atoms with Crippen molar-refractivity contribution in [1.29, 1.82) is 0 Å². The van der Waals surface area contributed by atoms with Crippen molar-refractivity contribution in [3.05, 3.63) is 53.9 Å². The first-order valence-electron chi connectivity index (χ1n) is 9.01. The molecular weight excluding hydrogens is 406 g/mol. The van der Waals surface area contributed by atoms with Crippen molar-refractivity contribution in [2.45, 2.75) is 24.7 Å². The van der Waals surface area contributed by atoms with Crippen molar-refractivity contribution in [2.24, 2.45) is 0 Å². The summed E-state index contributed by atoms with van der Waals surface area (Å²) in [6.45, 7) is 1.29. The fourth-order valence-corrected chi connectivity index (χ4v) is 2.83. The van der Waals surface area contributed by atoms with Gasteiger partial charge in [0, 0.05) is 67.8 Å². The first-order chi connectivity index (χ1) is 14.8. The maximum atomic E-state index is 11.6. The van der Waals surface area contributed by atoms with Gasteiger partial charge in [-0.2, -0.15) is 0 Å². The van der Waals surface area contributed by atoms with Crippen LogP contribution in [0, 0.1) is 0 Å². The third-order valence-corrected chi connectivity index (χ3v) is 4.45. The molecule has 3 aromatic rings. The van der Waals surface area contributed by atoms with Gasteiger partial charge in [-0.1, -0.05) is 0 Å². The van der Waals surface area contributed by atoms with Crippen LogP contribution in [-0.2, 0) is 10.4 Å². The van der Waals surface area contributed by atoms with Crippen LogP contribution in [0.5, 0.6) is 0 Å². The van der Waals surface area contributed by atoms with Gasteiger partial charge in [0.1, 0.15) is 12.2 Å². The van der Waals surface area contributed by atoms with Crippen LogP contribution in [0.2, 0.25) is 0 Å². The molecule has 7 N–H and O–H groups in total. The van der Waals surface area contributed by atoms with Crippen LogP contribution in [0.1, 0.15) is 35.8 Å². The van der Waals surface area contributed by atoms with Gasteiger partial charge in [-0.25, -0.2) is 29.9 Å². The second-order valence-electron chi connectivity index (χ2n) is 6.57. The number of amides is 1.